The van der Waals surface area contributed by atoms with E-state index >= 15 is 0 Å². The molecule has 0 aliphatic carbocycles. The van der Waals surface area contributed by atoms with Crippen LogP contribution in [0.4, 0.5) is 14.9 Å². The second-order valence-electron chi connectivity index (χ2n) is 5.66. The first-order chi connectivity index (χ1) is 14.3. The second-order valence-corrected chi connectivity index (χ2v) is 6.07. The Balaban J connectivity index is 1.85. The SMILES string of the molecule is COc1cc(/C=C/C(=O)OCC(=O)NC(=O)Nc2ccccc2F)cc(Cl)c1OC. The second kappa shape index (κ2) is 10.8. The van der Waals surface area contributed by atoms with E-state index in [0.717, 1.165) is 12.1 Å². The Morgan fingerprint density at radius 1 is 1.13 bits per heavy atom. The molecular formula is C20H18ClFN2O6. The molecule has 0 aliphatic heterocycles. The van der Waals surface area contributed by atoms with Crippen molar-refractivity contribution in [3.63, 3.8) is 0 Å². The Bertz CT molecular complexity index is 980. The molecule has 0 bridgehead atoms. The first-order valence-corrected chi connectivity index (χ1v) is 8.83. The molecule has 0 fully saturated rings. The molecule has 0 aromatic heterocycles. The Hall–Kier alpha value is -3.59. The number of carbonyl (C=O) groups is 3. The van der Waals surface area contributed by atoms with E-state index in [-0.39, 0.29) is 10.7 Å². The van der Waals surface area contributed by atoms with Gasteiger partial charge in [0, 0.05) is 6.08 Å². The maximum Gasteiger partial charge on any atom is 0.331 e. The third-order valence-corrected chi connectivity index (χ3v) is 3.87. The van der Waals surface area contributed by atoms with Gasteiger partial charge in [-0.05, 0) is 35.9 Å². The number of urea groups is 1. The van der Waals surface area contributed by atoms with Crippen LogP contribution in [0.3, 0.4) is 0 Å². The summed E-state index contributed by atoms with van der Waals surface area (Å²) in [7, 11) is 2.88. The number of amides is 3. The summed E-state index contributed by atoms with van der Waals surface area (Å²) >= 11 is 6.08. The maximum atomic E-state index is 13.5. The van der Waals surface area contributed by atoms with Crippen molar-refractivity contribution in [3.8, 4) is 11.5 Å². The summed E-state index contributed by atoms with van der Waals surface area (Å²) in [5, 5.41) is 4.36. The number of esters is 1. The number of imide groups is 1. The van der Waals surface area contributed by atoms with Gasteiger partial charge in [0.15, 0.2) is 18.1 Å². The lowest BCUT2D eigenvalue weighted by molar-refractivity contribution is -0.143. The van der Waals surface area contributed by atoms with Crippen LogP contribution in [0.15, 0.2) is 42.5 Å². The number of hydrogen-bond donors (Lipinski definition) is 2. The van der Waals surface area contributed by atoms with Gasteiger partial charge in [0.05, 0.1) is 24.9 Å². The van der Waals surface area contributed by atoms with Gasteiger partial charge in [0.2, 0.25) is 0 Å². The monoisotopic (exact) mass is 436 g/mol. The minimum absolute atomic E-state index is 0.101. The Morgan fingerprint density at radius 3 is 2.53 bits per heavy atom. The predicted octanol–water partition coefficient (Wildman–Crippen LogP) is 3.40. The fourth-order valence-corrected chi connectivity index (χ4v) is 2.56. The number of carbonyl (C=O) groups excluding carboxylic acids is 3. The Morgan fingerprint density at radius 2 is 1.87 bits per heavy atom. The molecule has 0 atom stereocenters. The summed E-state index contributed by atoms with van der Waals surface area (Å²) in [6.07, 6.45) is 2.48. The molecule has 2 aromatic rings. The molecule has 10 heteroatoms. The van der Waals surface area contributed by atoms with Gasteiger partial charge in [-0.2, -0.15) is 0 Å². The summed E-state index contributed by atoms with van der Waals surface area (Å²) in [6, 6.07) is 7.62. The van der Waals surface area contributed by atoms with Crippen molar-refractivity contribution >= 4 is 41.3 Å². The van der Waals surface area contributed by atoms with Crippen LogP contribution < -0.4 is 20.1 Å². The third-order valence-electron chi connectivity index (χ3n) is 3.59. The number of rotatable bonds is 7. The number of halogens is 2. The van der Waals surface area contributed by atoms with E-state index in [4.69, 9.17) is 25.8 Å². The van der Waals surface area contributed by atoms with Crippen LogP contribution in [0.5, 0.6) is 11.5 Å². The summed E-state index contributed by atoms with van der Waals surface area (Å²) in [5.41, 5.74) is 0.430. The van der Waals surface area contributed by atoms with Crippen molar-refractivity contribution in [2.75, 3.05) is 26.1 Å². The van der Waals surface area contributed by atoms with Crippen molar-refractivity contribution < 1.29 is 33.0 Å². The highest BCUT2D eigenvalue weighted by atomic mass is 35.5. The van der Waals surface area contributed by atoms with Crippen LogP contribution in [0.1, 0.15) is 5.56 Å². The lowest BCUT2D eigenvalue weighted by Crippen LogP contribution is -2.37. The van der Waals surface area contributed by atoms with E-state index in [1.54, 1.807) is 12.1 Å². The van der Waals surface area contributed by atoms with Gasteiger partial charge in [-0.15, -0.1) is 0 Å². The highest BCUT2D eigenvalue weighted by molar-refractivity contribution is 6.32. The minimum Gasteiger partial charge on any atom is -0.493 e. The number of para-hydroxylation sites is 1. The Labute approximate surface area is 176 Å². The van der Waals surface area contributed by atoms with Crippen molar-refractivity contribution in [1.29, 1.82) is 0 Å². The fraction of sp³-hybridized carbons (Fsp3) is 0.150. The number of benzene rings is 2. The topological polar surface area (TPSA) is 103 Å². The first-order valence-electron chi connectivity index (χ1n) is 8.45. The predicted molar refractivity (Wildman–Crippen MR) is 108 cm³/mol. The molecule has 2 rings (SSSR count). The number of methoxy groups -OCH3 is 2. The zero-order chi connectivity index (χ0) is 22.1. The number of nitrogens with one attached hydrogen (secondary N) is 2. The van der Waals surface area contributed by atoms with E-state index < -0.39 is 30.3 Å². The molecule has 8 nitrogen and oxygen atoms in total. The molecule has 2 N–H and O–H groups in total. The van der Waals surface area contributed by atoms with Crippen LogP contribution >= 0.6 is 11.6 Å². The van der Waals surface area contributed by atoms with Gasteiger partial charge >= 0.3 is 12.0 Å². The smallest absolute Gasteiger partial charge is 0.331 e. The normalized spacial score (nSPS) is 10.4. The van der Waals surface area contributed by atoms with E-state index in [9.17, 15) is 18.8 Å². The molecule has 0 unspecified atom stereocenters. The number of anilines is 1. The highest BCUT2D eigenvalue weighted by Gasteiger charge is 2.12. The lowest BCUT2D eigenvalue weighted by Gasteiger charge is -2.10. The molecule has 0 heterocycles. The van der Waals surface area contributed by atoms with Crippen molar-refractivity contribution in [3.05, 3.63) is 58.9 Å². The summed E-state index contributed by atoms with van der Waals surface area (Å²) in [4.78, 5) is 35.1. The maximum absolute atomic E-state index is 13.5. The average Bonchev–Trinajstić information content (AvgIpc) is 2.71. The van der Waals surface area contributed by atoms with Gasteiger partial charge in [-0.1, -0.05) is 23.7 Å². The molecule has 0 saturated heterocycles. The number of ether oxygens (including phenoxy) is 3. The molecule has 0 aliphatic rings. The molecule has 2 aromatic carbocycles. The third kappa shape index (κ3) is 6.49. The summed E-state index contributed by atoms with van der Waals surface area (Å²) in [5.74, 6) is -1.65. The zero-order valence-corrected chi connectivity index (χ0v) is 16.8. The molecule has 158 valence electrons. The standard InChI is InChI=1S/C20H18ClFN2O6/c1-28-16-10-12(9-13(21)19(16)29-2)7-8-18(26)30-11-17(25)24-20(27)23-15-6-4-3-5-14(15)22/h3-10H,11H2,1-2H3,(H2,23,24,25,27)/b8-7+. The number of hydrogen-bond acceptors (Lipinski definition) is 6. The van der Waals surface area contributed by atoms with Crippen LogP contribution in [0.25, 0.3) is 6.08 Å². The van der Waals surface area contributed by atoms with E-state index in [0.29, 0.717) is 17.1 Å². The average molecular weight is 437 g/mol. The molecule has 0 radical (unpaired) electrons. The van der Waals surface area contributed by atoms with Crippen LogP contribution in [-0.4, -0.2) is 38.7 Å². The van der Waals surface area contributed by atoms with Crippen molar-refractivity contribution in [2.45, 2.75) is 0 Å². The quantitative estimate of drug-likeness (QED) is 0.509. The van der Waals surface area contributed by atoms with Crippen LogP contribution in [-0.2, 0) is 14.3 Å². The van der Waals surface area contributed by atoms with E-state index in [1.807, 2.05) is 5.32 Å². The summed E-state index contributed by atoms with van der Waals surface area (Å²) in [6.45, 7) is -0.708. The van der Waals surface area contributed by atoms with E-state index in [2.05, 4.69) is 5.32 Å². The highest BCUT2D eigenvalue weighted by Crippen LogP contribution is 2.36. The van der Waals surface area contributed by atoms with Gasteiger partial charge in [-0.25, -0.2) is 14.0 Å². The molecule has 0 spiro atoms. The molecule has 0 saturated carbocycles. The zero-order valence-electron chi connectivity index (χ0n) is 16.0. The molecular weight excluding hydrogens is 419 g/mol. The molecule has 3 amide bonds. The van der Waals surface area contributed by atoms with Gasteiger partial charge in [0.25, 0.3) is 5.91 Å². The van der Waals surface area contributed by atoms with Crippen molar-refractivity contribution in [1.82, 2.24) is 5.32 Å². The summed E-state index contributed by atoms with van der Waals surface area (Å²) < 4.78 is 28.5. The first kappa shape index (κ1) is 22.7. The van der Waals surface area contributed by atoms with Crippen LogP contribution in [0.2, 0.25) is 5.02 Å². The van der Waals surface area contributed by atoms with Crippen molar-refractivity contribution in [2.24, 2.45) is 0 Å². The van der Waals surface area contributed by atoms with Gasteiger partial charge in [-0.3, -0.25) is 10.1 Å². The largest absolute Gasteiger partial charge is 0.493 e. The van der Waals surface area contributed by atoms with Gasteiger partial charge < -0.3 is 19.5 Å². The van der Waals surface area contributed by atoms with E-state index in [1.165, 1.54) is 38.5 Å². The van der Waals surface area contributed by atoms with Gasteiger partial charge in [0.1, 0.15) is 5.82 Å². The van der Waals surface area contributed by atoms with Crippen LogP contribution in [0, 0.1) is 5.82 Å². The minimum atomic E-state index is -0.961. The Kier molecular flexibility index (Phi) is 8.18. The molecule has 30 heavy (non-hydrogen) atoms. The lowest BCUT2D eigenvalue weighted by atomic mass is 10.2. The fourth-order valence-electron chi connectivity index (χ4n) is 2.26.